The number of aromatic nitrogens is 2. The SMILES string of the molecule is CCNc1cc(NC2CCC(=O)NC2)nc(SC)n1. The molecule has 1 aromatic rings. The van der Waals surface area contributed by atoms with Crippen LogP contribution in [-0.4, -0.2) is 41.3 Å². The second kappa shape index (κ2) is 6.60. The molecule has 1 unspecified atom stereocenters. The molecule has 104 valence electrons. The summed E-state index contributed by atoms with van der Waals surface area (Å²) in [6.07, 6.45) is 3.36. The van der Waals surface area contributed by atoms with Crippen molar-refractivity contribution in [2.24, 2.45) is 0 Å². The van der Waals surface area contributed by atoms with Crippen molar-refractivity contribution < 1.29 is 4.79 Å². The summed E-state index contributed by atoms with van der Waals surface area (Å²) in [7, 11) is 0. The molecule has 1 saturated heterocycles. The van der Waals surface area contributed by atoms with E-state index in [0.29, 0.717) is 13.0 Å². The number of thioether (sulfide) groups is 1. The first-order valence-electron chi connectivity index (χ1n) is 6.41. The molecule has 1 amide bonds. The summed E-state index contributed by atoms with van der Waals surface area (Å²) in [6, 6.07) is 2.14. The molecule has 0 saturated carbocycles. The van der Waals surface area contributed by atoms with Crippen LogP contribution in [0.25, 0.3) is 0 Å². The number of hydrogen-bond acceptors (Lipinski definition) is 6. The molecule has 6 nitrogen and oxygen atoms in total. The first-order chi connectivity index (χ1) is 9.21. The average molecular weight is 281 g/mol. The molecule has 0 radical (unpaired) electrons. The molecule has 7 heteroatoms. The zero-order valence-electron chi connectivity index (χ0n) is 11.2. The number of rotatable bonds is 5. The van der Waals surface area contributed by atoms with Gasteiger partial charge in [-0.25, -0.2) is 9.97 Å². The van der Waals surface area contributed by atoms with Gasteiger partial charge in [0, 0.05) is 31.6 Å². The first kappa shape index (κ1) is 13.9. The molecule has 1 aliphatic rings. The second-order valence-electron chi connectivity index (χ2n) is 4.34. The van der Waals surface area contributed by atoms with Crippen molar-refractivity contribution in [1.29, 1.82) is 0 Å². The smallest absolute Gasteiger partial charge is 0.220 e. The van der Waals surface area contributed by atoms with Gasteiger partial charge in [0.2, 0.25) is 5.91 Å². The summed E-state index contributed by atoms with van der Waals surface area (Å²) < 4.78 is 0. The molecule has 0 aromatic carbocycles. The summed E-state index contributed by atoms with van der Waals surface area (Å²) in [6.45, 7) is 3.50. The summed E-state index contributed by atoms with van der Waals surface area (Å²) in [5.74, 6) is 1.75. The third kappa shape index (κ3) is 3.99. The van der Waals surface area contributed by atoms with Crippen molar-refractivity contribution >= 4 is 29.3 Å². The minimum absolute atomic E-state index is 0.124. The zero-order valence-corrected chi connectivity index (χ0v) is 12.0. The maximum Gasteiger partial charge on any atom is 0.220 e. The van der Waals surface area contributed by atoms with Crippen LogP contribution in [0.4, 0.5) is 11.6 Å². The lowest BCUT2D eigenvalue weighted by atomic mass is 10.1. The van der Waals surface area contributed by atoms with E-state index in [1.807, 2.05) is 19.2 Å². The largest absolute Gasteiger partial charge is 0.370 e. The quantitative estimate of drug-likeness (QED) is 0.558. The highest BCUT2D eigenvalue weighted by Crippen LogP contribution is 2.19. The molecule has 1 aliphatic heterocycles. The van der Waals surface area contributed by atoms with Gasteiger partial charge in [-0.2, -0.15) is 0 Å². The van der Waals surface area contributed by atoms with Crippen LogP contribution in [0.3, 0.4) is 0 Å². The lowest BCUT2D eigenvalue weighted by molar-refractivity contribution is -0.122. The Morgan fingerprint density at radius 3 is 2.89 bits per heavy atom. The first-order valence-corrected chi connectivity index (χ1v) is 7.64. The van der Waals surface area contributed by atoms with Gasteiger partial charge in [-0.3, -0.25) is 4.79 Å². The number of carbonyl (C=O) groups excluding carboxylic acids is 1. The van der Waals surface area contributed by atoms with E-state index in [2.05, 4.69) is 25.9 Å². The number of nitrogens with zero attached hydrogens (tertiary/aromatic N) is 2. The van der Waals surface area contributed by atoms with Crippen molar-refractivity contribution in [2.75, 3.05) is 30.0 Å². The fraction of sp³-hybridized carbons (Fsp3) is 0.583. The molecule has 19 heavy (non-hydrogen) atoms. The fourth-order valence-electron chi connectivity index (χ4n) is 1.93. The molecule has 0 spiro atoms. The maximum absolute atomic E-state index is 11.1. The van der Waals surface area contributed by atoms with E-state index in [1.165, 1.54) is 11.8 Å². The van der Waals surface area contributed by atoms with E-state index < -0.39 is 0 Å². The van der Waals surface area contributed by atoms with Crippen LogP contribution in [0.15, 0.2) is 11.2 Å². The van der Waals surface area contributed by atoms with Crippen LogP contribution in [0.2, 0.25) is 0 Å². The molecule has 1 fully saturated rings. The van der Waals surface area contributed by atoms with E-state index in [0.717, 1.165) is 29.8 Å². The van der Waals surface area contributed by atoms with Crippen LogP contribution in [0.1, 0.15) is 19.8 Å². The van der Waals surface area contributed by atoms with Crippen LogP contribution in [0, 0.1) is 0 Å². The Morgan fingerprint density at radius 2 is 2.26 bits per heavy atom. The van der Waals surface area contributed by atoms with Gasteiger partial charge in [0.25, 0.3) is 0 Å². The molecular formula is C12H19N5OS. The molecule has 3 N–H and O–H groups in total. The Bertz CT molecular complexity index is 444. The summed E-state index contributed by atoms with van der Waals surface area (Å²) in [5, 5.41) is 10.1. The maximum atomic E-state index is 11.1. The predicted octanol–water partition coefficient (Wildman–Crippen LogP) is 1.32. The van der Waals surface area contributed by atoms with Gasteiger partial charge in [0.1, 0.15) is 11.6 Å². The van der Waals surface area contributed by atoms with E-state index in [9.17, 15) is 4.79 Å². The second-order valence-corrected chi connectivity index (χ2v) is 5.11. The number of piperidine rings is 1. The van der Waals surface area contributed by atoms with Crippen molar-refractivity contribution in [2.45, 2.75) is 31.0 Å². The monoisotopic (exact) mass is 281 g/mol. The van der Waals surface area contributed by atoms with E-state index >= 15 is 0 Å². The highest BCUT2D eigenvalue weighted by atomic mass is 32.2. The predicted molar refractivity (Wildman–Crippen MR) is 77.6 cm³/mol. The van der Waals surface area contributed by atoms with E-state index in [-0.39, 0.29) is 11.9 Å². The summed E-state index contributed by atoms with van der Waals surface area (Å²) >= 11 is 1.51. The Kier molecular flexibility index (Phi) is 4.84. The Balaban J connectivity index is 2.06. The van der Waals surface area contributed by atoms with Crippen molar-refractivity contribution in [3.63, 3.8) is 0 Å². The van der Waals surface area contributed by atoms with Crippen LogP contribution >= 0.6 is 11.8 Å². The van der Waals surface area contributed by atoms with E-state index in [1.54, 1.807) is 0 Å². The summed E-state index contributed by atoms with van der Waals surface area (Å²) in [4.78, 5) is 19.9. The van der Waals surface area contributed by atoms with Gasteiger partial charge in [-0.05, 0) is 19.6 Å². The molecule has 0 aliphatic carbocycles. The molecule has 2 rings (SSSR count). The normalized spacial score (nSPS) is 18.8. The number of carbonyl (C=O) groups is 1. The lowest BCUT2D eigenvalue weighted by Gasteiger charge is -2.24. The average Bonchev–Trinajstić information content (AvgIpc) is 2.41. The Morgan fingerprint density at radius 1 is 1.47 bits per heavy atom. The highest BCUT2D eigenvalue weighted by molar-refractivity contribution is 7.98. The minimum atomic E-state index is 0.124. The Labute approximate surface area is 117 Å². The minimum Gasteiger partial charge on any atom is -0.370 e. The third-order valence-electron chi connectivity index (χ3n) is 2.86. The Hall–Kier alpha value is -1.50. The lowest BCUT2D eigenvalue weighted by Crippen LogP contribution is -2.42. The molecule has 1 aromatic heterocycles. The van der Waals surface area contributed by atoms with Crippen LogP contribution < -0.4 is 16.0 Å². The van der Waals surface area contributed by atoms with Crippen molar-refractivity contribution in [3.05, 3.63) is 6.07 Å². The molecule has 1 atom stereocenters. The van der Waals surface area contributed by atoms with Gasteiger partial charge < -0.3 is 16.0 Å². The van der Waals surface area contributed by atoms with Gasteiger partial charge in [0.15, 0.2) is 5.16 Å². The number of hydrogen-bond donors (Lipinski definition) is 3. The topological polar surface area (TPSA) is 78.9 Å². The third-order valence-corrected chi connectivity index (χ3v) is 3.41. The van der Waals surface area contributed by atoms with Gasteiger partial charge in [-0.15, -0.1) is 0 Å². The summed E-state index contributed by atoms with van der Waals surface area (Å²) in [5.41, 5.74) is 0. The van der Waals surface area contributed by atoms with Gasteiger partial charge in [0.05, 0.1) is 0 Å². The molecule has 0 bridgehead atoms. The van der Waals surface area contributed by atoms with E-state index in [4.69, 9.17) is 0 Å². The number of nitrogens with one attached hydrogen (secondary N) is 3. The van der Waals surface area contributed by atoms with Gasteiger partial charge in [-0.1, -0.05) is 11.8 Å². The van der Waals surface area contributed by atoms with Crippen molar-refractivity contribution in [1.82, 2.24) is 15.3 Å². The highest BCUT2D eigenvalue weighted by Gasteiger charge is 2.18. The zero-order chi connectivity index (χ0) is 13.7. The van der Waals surface area contributed by atoms with Crippen molar-refractivity contribution in [3.8, 4) is 0 Å². The molecule has 2 heterocycles. The molecular weight excluding hydrogens is 262 g/mol. The van der Waals surface area contributed by atoms with Gasteiger partial charge >= 0.3 is 0 Å². The fourth-order valence-corrected chi connectivity index (χ4v) is 2.31. The van der Waals surface area contributed by atoms with Crippen LogP contribution in [0.5, 0.6) is 0 Å². The number of anilines is 2. The van der Waals surface area contributed by atoms with Crippen LogP contribution in [-0.2, 0) is 4.79 Å². The number of amides is 1. The standard InChI is InChI=1S/C12H19N5OS/c1-3-13-9-6-10(17-12(16-9)19-2)15-8-4-5-11(18)14-7-8/h6,8H,3-5,7H2,1-2H3,(H,14,18)(H2,13,15,16,17).